The van der Waals surface area contributed by atoms with Crippen LogP contribution in [0.1, 0.15) is 5.56 Å². The van der Waals surface area contributed by atoms with Gasteiger partial charge in [-0.1, -0.05) is 17.7 Å². The third kappa shape index (κ3) is 3.82. The molecule has 0 aliphatic heterocycles. The summed E-state index contributed by atoms with van der Waals surface area (Å²) in [6.45, 7) is 1.11. The molecule has 0 fully saturated rings. The lowest BCUT2D eigenvalue weighted by atomic mass is 10.3. The fourth-order valence-corrected chi connectivity index (χ4v) is 3.50. The van der Waals surface area contributed by atoms with Crippen molar-refractivity contribution in [1.82, 2.24) is 10.3 Å². The number of amides is 1. The Balaban J connectivity index is 2.56. The van der Waals surface area contributed by atoms with Crippen LogP contribution in [-0.2, 0) is 14.8 Å². The molecule has 0 saturated heterocycles. The normalized spacial score (nSPS) is 11.2. The summed E-state index contributed by atoms with van der Waals surface area (Å²) < 4.78 is 40.1. The Kier molecular flexibility index (Phi) is 5.40. The number of anilines is 1. The molecule has 2 aromatic rings. The van der Waals surface area contributed by atoms with Crippen LogP contribution < -0.4 is 9.62 Å². The molecular weight excluding hydrogens is 357 g/mol. The second-order valence-corrected chi connectivity index (χ2v) is 7.16. The van der Waals surface area contributed by atoms with Gasteiger partial charge in [0.1, 0.15) is 22.4 Å². The summed E-state index contributed by atoms with van der Waals surface area (Å²) in [7, 11) is -2.75. The third-order valence-electron chi connectivity index (χ3n) is 3.24. The molecule has 1 heterocycles. The zero-order chi connectivity index (χ0) is 17.9. The van der Waals surface area contributed by atoms with E-state index >= 15 is 0 Å². The van der Waals surface area contributed by atoms with Crippen LogP contribution in [0, 0.1) is 12.7 Å². The van der Waals surface area contributed by atoms with Gasteiger partial charge in [0.15, 0.2) is 0 Å². The van der Waals surface area contributed by atoms with E-state index in [0.29, 0.717) is 5.56 Å². The van der Waals surface area contributed by atoms with Gasteiger partial charge >= 0.3 is 0 Å². The summed E-state index contributed by atoms with van der Waals surface area (Å²) in [6.07, 6.45) is 1.10. The van der Waals surface area contributed by atoms with Gasteiger partial charge in [0.25, 0.3) is 10.0 Å². The van der Waals surface area contributed by atoms with E-state index in [-0.39, 0.29) is 15.7 Å². The molecule has 128 valence electrons. The van der Waals surface area contributed by atoms with Gasteiger partial charge < -0.3 is 5.32 Å². The largest absolute Gasteiger partial charge is 0.358 e. The molecule has 9 heteroatoms. The maximum Gasteiger partial charge on any atom is 0.266 e. The number of aryl methyl sites for hydroxylation is 1. The second kappa shape index (κ2) is 7.14. The van der Waals surface area contributed by atoms with Crippen molar-refractivity contribution in [2.75, 3.05) is 17.9 Å². The Morgan fingerprint density at radius 3 is 2.67 bits per heavy atom. The number of rotatable bonds is 5. The van der Waals surface area contributed by atoms with Crippen LogP contribution in [0.3, 0.4) is 0 Å². The van der Waals surface area contributed by atoms with E-state index in [1.165, 1.54) is 31.3 Å². The van der Waals surface area contributed by atoms with Crippen LogP contribution in [0.5, 0.6) is 0 Å². The lowest BCUT2D eigenvalue weighted by Gasteiger charge is -2.23. The minimum absolute atomic E-state index is 0.0335. The lowest BCUT2D eigenvalue weighted by Crippen LogP contribution is -2.39. The number of carbonyl (C=O) groups is 1. The average molecular weight is 372 g/mol. The van der Waals surface area contributed by atoms with E-state index in [1.54, 1.807) is 6.92 Å². The fraction of sp³-hybridized carbons (Fsp3) is 0.200. The summed E-state index contributed by atoms with van der Waals surface area (Å²) >= 11 is 5.82. The summed E-state index contributed by atoms with van der Waals surface area (Å²) in [5, 5.41) is 2.53. The van der Waals surface area contributed by atoms with E-state index in [2.05, 4.69) is 10.3 Å². The van der Waals surface area contributed by atoms with Crippen molar-refractivity contribution in [3.05, 3.63) is 53.1 Å². The van der Waals surface area contributed by atoms with E-state index in [4.69, 9.17) is 11.6 Å². The number of carbonyl (C=O) groups excluding carboxylic acids is 1. The molecule has 1 amide bonds. The van der Waals surface area contributed by atoms with Gasteiger partial charge in [0, 0.05) is 13.2 Å². The minimum Gasteiger partial charge on any atom is -0.358 e. The number of nitrogens with zero attached hydrogens (tertiary/aromatic N) is 2. The molecule has 6 nitrogen and oxygen atoms in total. The van der Waals surface area contributed by atoms with Gasteiger partial charge in [0.05, 0.1) is 5.69 Å². The molecule has 2 rings (SSSR count). The van der Waals surface area contributed by atoms with Crippen LogP contribution in [0.25, 0.3) is 0 Å². The highest BCUT2D eigenvalue weighted by atomic mass is 35.5. The molecular formula is C15H15ClFN3O3S. The molecule has 0 radical (unpaired) electrons. The smallest absolute Gasteiger partial charge is 0.266 e. The van der Waals surface area contributed by atoms with Crippen molar-refractivity contribution in [2.45, 2.75) is 11.8 Å². The molecule has 1 aromatic carbocycles. The van der Waals surface area contributed by atoms with Crippen LogP contribution in [0.2, 0.25) is 5.15 Å². The molecule has 1 N–H and O–H groups in total. The first-order valence-corrected chi connectivity index (χ1v) is 8.68. The number of aromatic nitrogens is 1. The van der Waals surface area contributed by atoms with Crippen molar-refractivity contribution in [3.8, 4) is 0 Å². The molecule has 1 aromatic heterocycles. The Labute approximate surface area is 144 Å². The van der Waals surface area contributed by atoms with Gasteiger partial charge in [-0.05, 0) is 36.8 Å². The molecule has 0 atom stereocenters. The van der Waals surface area contributed by atoms with Crippen LogP contribution in [-0.4, -0.2) is 32.9 Å². The topological polar surface area (TPSA) is 79.4 Å². The first kappa shape index (κ1) is 18.2. The molecule has 0 saturated carbocycles. The van der Waals surface area contributed by atoms with Crippen LogP contribution >= 0.6 is 11.6 Å². The predicted octanol–water partition coefficient (Wildman–Crippen LogP) is 2.12. The highest BCUT2D eigenvalue weighted by molar-refractivity contribution is 7.92. The van der Waals surface area contributed by atoms with Crippen molar-refractivity contribution in [2.24, 2.45) is 0 Å². The Hall–Kier alpha value is -2.19. The highest BCUT2D eigenvalue weighted by Crippen LogP contribution is 2.25. The minimum atomic E-state index is -4.13. The molecule has 0 aliphatic carbocycles. The van der Waals surface area contributed by atoms with Gasteiger partial charge in [-0.2, -0.15) is 0 Å². The van der Waals surface area contributed by atoms with E-state index in [1.807, 2.05) is 0 Å². The number of nitrogens with one attached hydrogen (secondary N) is 1. The van der Waals surface area contributed by atoms with Crippen molar-refractivity contribution < 1.29 is 17.6 Å². The van der Waals surface area contributed by atoms with Gasteiger partial charge in [-0.3, -0.25) is 9.10 Å². The van der Waals surface area contributed by atoms with Crippen molar-refractivity contribution >= 4 is 33.2 Å². The monoisotopic (exact) mass is 371 g/mol. The van der Waals surface area contributed by atoms with E-state index < -0.39 is 28.3 Å². The predicted molar refractivity (Wildman–Crippen MR) is 89.0 cm³/mol. The summed E-state index contributed by atoms with van der Waals surface area (Å²) in [5.41, 5.74) is 0.503. The summed E-state index contributed by atoms with van der Waals surface area (Å²) in [4.78, 5) is 15.4. The van der Waals surface area contributed by atoms with Gasteiger partial charge in [-0.15, -0.1) is 0 Å². The van der Waals surface area contributed by atoms with Crippen LogP contribution in [0.4, 0.5) is 10.1 Å². The SMILES string of the molecule is CNC(=O)CN(c1cccc(F)c1)S(=O)(=O)c1cnc(Cl)c(C)c1. The third-order valence-corrected chi connectivity index (χ3v) is 5.37. The maximum atomic E-state index is 13.5. The number of hydrogen-bond donors (Lipinski definition) is 1. The number of sulfonamides is 1. The number of likely N-dealkylation sites (N-methyl/N-ethyl adjacent to an activating group) is 1. The van der Waals surface area contributed by atoms with Crippen molar-refractivity contribution in [1.29, 1.82) is 0 Å². The highest BCUT2D eigenvalue weighted by Gasteiger charge is 2.28. The maximum absolute atomic E-state index is 13.5. The van der Waals surface area contributed by atoms with E-state index in [0.717, 1.165) is 16.6 Å². The summed E-state index contributed by atoms with van der Waals surface area (Å²) in [5.74, 6) is -1.16. The fourth-order valence-electron chi connectivity index (χ4n) is 1.96. The average Bonchev–Trinajstić information content (AvgIpc) is 2.54. The van der Waals surface area contributed by atoms with Crippen LogP contribution in [0.15, 0.2) is 41.4 Å². The Morgan fingerprint density at radius 1 is 1.38 bits per heavy atom. The number of pyridine rings is 1. The molecule has 0 unspecified atom stereocenters. The number of halogens is 2. The zero-order valence-electron chi connectivity index (χ0n) is 13.0. The lowest BCUT2D eigenvalue weighted by molar-refractivity contribution is -0.119. The van der Waals surface area contributed by atoms with Gasteiger partial charge in [0.2, 0.25) is 5.91 Å². The first-order valence-electron chi connectivity index (χ1n) is 6.86. The zero-order valence-corrected chi connectivity index (χ0v) is 14.5. The quantitative estimate of drug-likeness (QED) is 0.816. The summed E-state index contributed by atoms with van der Waals surface area (Å²) in [6, 6.07) is 6.34. The first-order chi connectivity index (χ1) is 11.3. The van der Waals surface area contributed by atoms with Crippen molar-refractivity contribution in [3.63, 3.8) is 0 Å². The van der Waals surface area contributed by atoms with Gasteiger partial charge in [-0.25, -0.2) is 17.8 Å². The molecule has 0 bridgehead atoms. The molecule has 0 aliphatic rings. The standard InChI is InChI=1S/C15H15ClFN3O3S/c1-10-6-13(8-19-15(10)16)24(22,23)20(9-14(21)18-2)12-5-3-4-11(17)7-12/h3-8H,9H2,1-2H3,(H,18,21). The van der Waals surface area contributed by atoms with E-state index in [9.17, 15) is 17.6 Å². The number of hydrogen-bond acceptors (Lipinski definition) is 4. The second-order valence-electron chi connectivity index (χ2n) is 4.94. The molecule has 0 spiro atoms. The number of benzene rings is 1. The molecule has 24 heavy (non-hydrogen) atoms. The Bertz CT molecular complexity index is 874. The Morgan fingerprint density at radius 2 is 2.08 bits per heavy atom.